The zero-order chi connectivity index (χ0) is 13.8. The summed E-state index contributed by atoms with van der Waals surface area (Å²) in [5.41, 5.74) is 0.521. The van der Waals surface area contributed by atoms with Crippen molar-refractivity contribution in [2.24, 2.45) is 7.05 Å². The number of aromatic nitrogens is 3. The number of nitrogens with zero attached hydrogens (tertiary/aromatic N) is 3. The molecule has 0 aliphatic rings. The molecule has 0 amide bonds. The lowest BCUT2D eigenvalue weighted by Gasteiger charge is -2.17. The maximum atomic E-state index is 13.9. The Bertz CT molecular complexity index is 555. The van der Waals surface area contributed by atoms with Crippen molar-refractivity contribution in [2.75, 3.05) is 7.11 Å². The fourth-order valence-electron chi connectivity index (χ4n) is 1.93. The molecule has 0 radical (unpaired) electrons. The maximum absolute atomic E-state index is 13.9. The largest absolute Gasteiger partial charge is 0.496 e. The van der Waals surface area contributed by atoms with Crippen LogP contribution in [0.15, 0.2) is 24.5 Å². The Morgan fingerprint density at radius 3 is 2.89 bits per heavy atom. The van der Waals surface area contributed by atoms with Gasteiger partial charge in [0.2, 0.25) is 0 Å². The predicted molar refractivity (Wildman–Crippen MR) is 69.2 cm³/mol. The Kier molecular flexibility index (Phi) is 4.11. The second kappa shape index (κ2) is 5.79. The average molecular weight is 264 g/mol. The number of hydrogen-bond acceptors (Lipinski definition) is 4. The van der Waals surface area contributed by atoms with Crippen LogP contribution in [-0.2, 0) is 13.6 Å². The van der Waals surface area contributed by atoms with Crippen molar-refractivity contribution in [3.8, 4) is 5.75 Å². The molecule has 1 atom stereocenters. The SMILES string of the molecule is COc1cccc(F)c1C(C)NCc1nncn1C. The van der Waals surface area contributed by atoms with Gasteiger partial charge >= 0.3 is 0 Å². The summed E-state index contributed by atoms with van der Waals surface area (Å²) in [6.07, 6.45) is 1.63. The van der Waals surface area contributed by atoms with Gasteiger partial charge in [0.15, 0.2) is 0 Å². The highest BCUT2D eigenvalue weighted by molar-refractivity contribution is 5.36. The molecule has 0 fully saturated rings. The third-order valence-corrected chi connectivity index (χ3v) is 3.04. The molecular formula is C13H17FN4O. The summed E-state index contributed by atoms with van der Waals surface area (Å²) in [4.78, 5) is 0. The van der Waals surface area contributed by atoms with Crippen molar-refractivity contribution in [3.63, 3.8) is 0 Å². The monoisotopic (exact) mass is 264 g/mol. The quantitative estimate of drug-likeness (QED) is 0.895. The number of halogens is 1. The first-order valence-electron chi connectivity index (χ1n) is 6.02. The highest BCUT2D eigenvalue weighted by Crippen LogP contribution is 2.27. The topological polar surface area (TPSA) is 52.0 Å². The molecule has 2 rings (SSSR count). The van der Waals surface area contributed by atoms with Crippen molar-refractivity contribution in [1.82, 2.24) is 20.1 Å². The van der Waals surface area contributed by atoms with Crippen molar-refractivity contribution in [3.05, 3.63) is 41.7 Å². The van der Waals surface area contributed by atoms with Crippen LogP contribution in [0.4, 0.5) is 4.39 Å². The fraction of sp³-hybridized carbons (Fsp3) is 0.385. The lowest BCUT2D eigenvalue weighted by Crippen LogP contribution is -2.21. The second-order valence-corrected chi connectivity index (χ2v) is 4.32. The van der Waals surface area contributed by atoms with Gasteiger partial charge in [0.1, 0.15) is 23.7 Å². The summed E-state index contributed by atoms with van der Waals surface area (Å²) < 4.78 is 20.9. The third kappa shape index (κ3) is 2.90. The molecule has 1 aromatic heterocycles. The number of rotatable bonds is 5. The van der Waals surface area contributed by atoms with Gasteiger partial charge < -0.3 is 14.6 Å². The molecule has 0 spiro atoms. The summed E-state index contributed by atoms with van der Waals surface area (Å²) in [6.45, 7) is 2.40. The predicted octanol–water partition coefficient (Wildman–Crippen LogP) is 1.81. The van der Waals surface area contributed by atoms with E-state index in [9.17, 15) is 4.39 Å². The van der Waals surface area contributed by atoms with Crippen LogP contribution in [0, 0.1) is 5.82 Å². The maximum Gasteiger partial charge on any atom is 0.146 e. The normalized spacial score (nSPS) is 12.4. The van der Waals surface area contributed by atoms with E-state index in [0.717, 1.165) is 5.82 Å². The van der Waals surface area contributed by atoms with Gasteiger partial charge in [0.05, 0.1) is 13.7 Å². The van der Waals surface area contributed by atoms with Crippen LogP contribution in [0.25, 0.3) is 0 Å². The first-order valence-corrected chi connectivity index (χ1v) is 6.02. The molecule has 1 unspecified atom stereocenters. The summed E-state index contributed by atoms with van der Waals surface area (Å²) in [6, 6.07) is 4.62. The number of hydrogen-bond donors (Lipinski definition) is 1. The van der Waals surface area contributed by atoms with E-state index in [1.165, 1.54) is 13.2 Å². The molecule has 0 saturated carbocycles. The minimum absolute atomic E-state index is 0.187. The van der Waals surface area contributed by atoms with Crippen LogP contribution in [0.5, 0.6) is 5.75 Å². The van der Waals surface area contributed by atoms with Gasteiger partial charge in [0.25, 0.3) is 0 Å². The summed E-state index contributed by atoms with van der Waals surface area (Å²) >= 11 is 0. The Morgan fingerprint density at radius 2 is 2.26 bits per heavy atom. The molecule has 19 heavy (non-hydrogen) atoms. The number of benzene rings is 1. The van der Waals surface area contributed by atoms with E-state index < -0.39 is 0 Å². The second-order valence-electron chi connectivity index (χ2n) is 4.32. The lowest BCUT2D eigenvalue weighted by atomic mass is 10.1. The molecule has 1 N–H and O–H groups in total. The highest BCUT2D eigenvalue weighted by atomic mass is 19.1. The first-order chi connectivity index (χ1) is 9.13. The van der Waals surface area contributed by atoms with Crippen LogP contribution < -0.4 is 10.1 Å². The van der Waals surface area contributed by atoms with Gasteiger partial charge in [0, 0.05) is 18.7 Å². The zero-order valence-corrected chi connectivity index (χ0v) is 11.2. The molecule has 5 nitrogen and oxygen atoms in total. The van der Waals surface area contributed by atoms with Crippen LogP contribution in [0.1, 0.15) is 24.4 Å². The molecule has 1 aromatic carbocycles. The first kappa shape index (κ1) is 13.5. The Morgan fingerprint density at radius 1 is 1.47 bits per heavy atom. The van der Waals surface area contributed by atoms with E-state index in [4.69, 9.17) is 4.74 Å². The van der Waals surface area contributed by atoms with Crippen LogP contribution in [-0.4, -0.2) is 21.9 Å². The van der Waals surface area contributed by atoms with E-state index in [0.29, 0.717) is 17.9 Å². The lowest BCUT2D eigenvalue weighted by molar-refractivity contribution is 0.392. The minimum Gasteiger partial charge on any atom is -0.496 e. The average Bonchev–Trinajstić information content (AvgIpc) is 2.81. The Hall–Kier alpha value is -1.95. The molecule has 102 valence electrons. The number of methoxy groups -OCH3 is 1. The Balaban J connectivity index is 2.12. The number of nitrogens with one attached hydrogen (secondary N) is 1. The van der Waals surface area contributed by atoms with Gasteiger partial charge in [-0.25, -0.2) is 4.39 Å². The molecule has 2 aromatic rings. The van der Waals surface area contributed by atoms with E-state index in [-0.39, 0.29) is 11.9 Å². The summed E-state index contributed by atoms with van der Waals surface area (Å²) in [5, 5.41) is 11.0. The zero-order valence-electron chi connectivity index (χ0n) is 11.2. The Labute approximate surface area is 111 Å². The van der Waals surface area contributed by atoms with E-state index in [1.54, 1.807) is 18.5 Å². The summed E-state index contributed by atoms with van der Waals surface area (Å²) in [7, 11) is 3.40. The van der Waals surface area contributed by atoms with Crippen LogP contribution in [0.3, 0.4) is 0 Å². The third-order valence-electron chi connectivity index (χ3n) is 3.04. The molecule has 1 heterocycles. The van der Waals surface area contributed by atoms with Gasteiger partial charge in [-0.3, -0.25) is 0 Å². The van der Waals surface area contributed by atoms with Crippen molar-refractivity contribution < 1.29 is 9.13 Å². The molecule has 0 bridgehead atoms. The number of ether oxygens (including phenoxy) is 1. The van der Waals surface area contributed by atoms with Crippen molar-refractivity contribution >= 4 is 0 Å². The van der Waals surface area contributed by atoms with Gasteiger partial charge in [-0.2, -0.15) is 0 Å². The van der Waals surface area contributed by atoms with E-state index in [2.05, 4.69) is 15.5 Å². The number of aryl methyl sites for hydroxylation is 1. The molecule has 0 aliphatic carbocycles. The standard InChI is InChI=1S/C13H17FN4O/c1-9(15-7-12-17-16-8-18(12)2)13-10(14)5-4-6-11(13)19-3/h4-6,8-9,15H,7H2,1-3H3. The fourth-order valence-corrected chi connectivity index (χ4v) is 1.93. The minimum atomic E-state index is -0.280. The van der Waals surface area contributed by atoms with Gasteiger partial charge in [-0.15, -0.1) is 10.2 Å². The van der Waals surface area contributed by atoms with Crippen LogP contribution in [0.2, 0.25) is 0 Å². The molecule has 6 heteroatoms. The molecular weight excluding hydrogens is 247 g/mol. The van der Waals surface area contributed by atoms with Crippen molar-refractivity contribution in [1.29, 1.82) is 0 Å². The summed E-state index contributed by atoms with van der Waals surface area (Å²) in [5.74, 6) is 1.05. The van der Waals surface area contributed by atoms with Gasteiger partial charge in [-0.05, 0) is 19.1 Å². The molecule has 0 saturated heterocycles. The smallest absolute Gasteiger partial charge is 0.146 e. The highest BCUT2D eigenvalue weighted by Gasteiger charge is 2.16. The van der Waals surface area contributed by atoms with E-state index >= 15 is 0 Å². The van der Waals surface area contributed by atoms with E-state index in [1.807, 2.05) is 18.5 Å². The van der Waals surface area contributed by atoms with Gasteiger partial charge in [-0.1, -0.05) is 6.07 Å². The van der Waals surface area contributed by atoms with Crippen LogP contribution >= 0.6 is 0 Å². The van der Waals surface area contributed by atoms with Crippen molar-refractivity contribution in [2.45, 2.75) is 19.5 Å². The molecule has 0 aliphatic heterocycles.